The summed E-state index contributed by atoms with van der Waals surface area (Å²) in [5.41, 5.74) is 3.39. The van der Waals surface area contributed by atoms with E-state index in [-0.39, 0.29) is 0 Å². The summed E-state index contributed by atoms with van der Waals surface area (Å²) in [5, 5.41) is 3.26. The van der Waals surface area contributed by atoms with E-state index in [1.807, 2.05) is 0 Å². The van der Waals surface area contributed by atoms with Gasteiger partial charge in [-0.1, -0.05) is 0 Å². The molecule has 0 radical (unpaired) electrons. The molecule has 35 heavy (non-hydrogen) atoms. The number of benzene rings is 1. The standard InChI is InChI=1S/C29H43S2.3CH3.Sn/c1-6-10-12-22(8-3)14-16-24-26-18-19-30-28(26)25(27-20-21(5)31-29(24)27)17-15-23(9-4)13-11-7-2;;;;/h18,20,22-23H,6-17H2,1-5H3;3*1H3;. The number of hydrogen-bond donors (Lipinski definition) is 0. The quantitative estimate of drug-likeness (QED) is 0.149. The maximum absolute atomic E-state index is 2.69. The van der Waals surface area contributed by atoms with Gasteiger partial charge in [-0.15, -0.1) is 0 Å². The summed E-state index contributed by atoms with van der Waals surface area (Å²) >= 11 is 2.13. The van der Waals surface area contributed by atoms with Crippen molar-refractivity contribution in [1.29, 1.82) is 0 Å². The third-order valence-electron chi connectivity index (χ3n) is 8.22. The van der Waals surface area contributed by atoms with Crippen LogP contribution in [0.3, 0.4) is 0 Å². The first kappa shape index (κ1) is 29.5. The van der Waals surface area contributed by atoms with Crippen LogP contribution in [-0.2, 0) is 12.8 Å². The molecule has 1 aromatic carbocycles. The molecule has 3 heteroatoms. The van der Waals surface area contributed by atoms with Crippen molar-refractivity contribution in [2.45, 2.75) is 126 Å². The van der Waals surface area contributed by atoms with Gasteiger partial charge in [0.15, 0.2) is 0 Å². The van der Waals surface area contributed by atoms with Gasteiger partial charge >= 0.3 is 231 Å². The minimum atomic E-state index is -2.14. The second kappa shape index (κ2) is 13.6. The van der Waals surface area contributed by atoms with Crippen molar-refractivity contribution in [3.05, 3.63) is 28.1 Å². The van der Waals surface area contributed by atoms with E-state index in [0.717, 1.165) is 11.8 Å². The van der Waals surface area contributed by atoms with Crippen molar-refractivity contribution in [2.75, 3.05) is 0 Å². The number of aryl methyl sites for hydroxylation is 3. The van der Waals surface area contributed by atoms with Crippen LogP contribution in [0.15, 0.2) is 12.1 Å². The fraction of sp³-hybridized carbons (Fsp3) is 0.688. The van der Waals surface area contributed by atoms with Gasteiger partial charge in [0.25, 0.3) is 0 Å². The van der Waals surface area contributed by atoms with E-state index in [2.05, 4.69) is 84.2 Å². The molecule has 0 aliphatic heterocycles. The van der Waals surface area contributed by atoms with Crippen molar-refractivity contribution >= 4 is 64.1 Å². The predicted octanol–water partition coefficient (Wildman–Crippen LogP) is 11.3. The van der Waals surface area contributed by atoms with Crippen LogP contribution in [-0.4, -0.2) is 18.4 Å². The molecular formula is C32H52S2Sn. The van der Waals surface area contributed by atoms with Gasteiger partial charge < -0.3 is 0 Å². The molecule has 2 unspecified atom stereocenters. The van der Waals surface area contributed by atoms with Gasteiger partial charge in [0.2, 0.25) is 0 Å². The Kier molecular flexibility index (Phi) is 11.5. The molecule has 0 amide bonds. The summed E-state index contributed by atoms with van der Waals surface area (Å²) in [6.45, 7) is 11.8. The Morgan fingerprint density at radius 1 is 0.686 bits per heavy atom. The van der Waals surface area contributed by atoms with Crippen molar-refractivity contribution in [1.82, 2.24) is 0 Å². The first-order valence-electron chi connectivity index (χ1n) is 14.7. The van der Waals surface area contributed by atoms with Gasteiger partial charge in [-0.2, -0.15) is 0 Å². The Hall–Kier alpha value is -0.0613. The number of rotatable bonds is 15. The predicted molar refractivity (Wildman–Crippen MR) is 168 cm³/mol. The van der Waals surface area contributed by atoms with E-state index < -0.39 is 18.4 Å². The van der Waals surface area contributed by atoms with E-state index >= 15 is 0 Å². The number of unbranched alkanes of at least 4 members (excludes halogenated alkanes) is 2. The van der Waals surface area contributed by atoms with Crippen molar-refractivity contribution in [3.63, 3.8) is 0 Å². The van der Waals surface area contributed by atoms with Crippen LogP contribution >= 0.6 is 22.7 Å². The van der Waals surface area contributed by atoms with Crippen LogP contribution < -0.4 is 2.89 Å². The molecule has 0 bridgehead atoms. The first-order valence-corrected chi connectivity index (χ1v) is 26.3. The van der Waals surface area contributed by atoms with Crippen molar-refractivity contribution in [2.24, 2.45) is 11.8 Å². The zero-order chi connectivity index (χ0) is 25.6. The SMILES string of the molecule is CCCCC(CC)CCc1c2c[c]([Sn]([CH3])([CH3])[CH3])sc2c(CCC(CC)CCCC)c2cc(C)sc12. The fourth-order valence-corrected chi connectivity index (χ4v) is 13.3. The van der Waals surface area contributed by atoms with Crippen LogP contribution in [0.2, 0.25) is 14.8 Å². The van der Waals surface area contributed by atoms with E-state index in [1.54, 1.807) is 34.2 Å². The molecule has 0 spiro atoms. The van der Waals surface area contributed by atoms with Gasteiger partial charge in [-0.05, 0) is 0 Å². The number of hydrogen-bond acceptors (Lipinski definition) is 2. The Morgan fingerprint density at radius 2 is 1.17 bits per heavy atom. The molecule has 2 atom stereocenters. The third kappa shape index (κ3) is 7.50. The van der Waals surface area contributed by atoms with E-state index in [1.165, 1.54) is 81.9 Å². The Morgan fingerprint density at radius 3 is 1.63 bits per heavy atom. The van der Waals surface area contributed by atoms with E-state index in [0.29, 0.717) is 0 Å². The molecule has 0 saturated heterocycles. The summed E-state index contributed by atoms with van der Waals surface area (Å²) in [6, 6.07) is 5.23. The van der Waals surface area contributed by atoms with Crippen LogP contribution in [0.1, 0.15) is 108 Å². The molecule has 0 aliphatic rings. The van der Waals surface area contributed by atoms with Gasteiger partial charge in [0.1, 0.15) is 0 Å². The van der Waals surface area contributed by atoms with Crippen LogP contribution in [0, 0.1) is 18.8 Å². The normalized spacial score (nSPS) is 14.3. The second-order valence-electron chi connectivity index (χ2n) is 12.1. The molecule has 2 heterocycles. The molecule has 0 aliphatic carbocycles. The molecule has 196 valence electrons. The molecule has 3 rings (SSSR count). The maximum atomic E-state index is 2.69. The Labute approximate surface area is 229 Å². The molecular weight excluding hydrogens is 567 g/mol. The zero-order valence-corrected chi connectivity index (χ0v) is 28.6. The molecule has 3 aromatic rings. The van der Waals surface area contributed by atoms with E-state index in [4.69, 9.17) is 0 Å². The monoisotopic (exact) mass is 620 g/mol. The van der Waals surface area contributed by atoms with Gasteiger partial charge in [0.05, 0.1) is 0 Å². The van der Waals surface area contributed by atoms with Gasteiger partial charge in [0, 0.05) is 0 Å². The molecule has 0 fully saturated rings. The summed E-state index contributed by atoms with van der Waals surface area (Å²) < 4.78 is 5.06. The summed E-state index contributed by atoms with van der Waals surface area (Å²) in [6.07, 6.45) is 16.1. The third-order valence-corrected chi connectivity index (χ3v) is 19.9. The van der Waals surface area contributed by atoms with Gasteiger partial charge in [-0.3, -0.25) is 0 Å². The van der Waals surface area contributed by atoms with E-state index in [9.17, 15) is 0 Å². The fourth-order valence-electron chi connectivity index (χ4n) is 5.70. The van der Waals surface area contributed by atoms with Crippen molar-refractivity contribution < 1.29 is 0 Å². The molecule has 0 nitrogen and oxygen atoms in total. The summed E-state index contributed by atoms with van der Waals surface area (Å²) in [4.78, 5) is 9.29. The minimum absolute atomic E-state index is 0.879. The Bertz CT molecular complexity index is 990. The topological polar surface area (TPSA) is 0 Å². The summed E-state index contributed by atoms with van der Waals surface area (Å²) in [7, 11) is 0. The molecule has 0 saturated carbocycles. The average molecular weight is 620 g/mol. The number of fused-ring (bicyclic) bond motifs is 2. The molecule has 2 aromatic heterocycles. The van der Waals surface area contributed by atoms with Crippen LogP contribution in [0.5, 0.6) is 0 Å². The number of thiophene rings is 2. The zero-order valence-electron chi connectivity index (χ0n) is 24.1. The second-order valence-corrected chi connectivity index (χ2v) is 29.8. The van der Waals surface area contributed by atoms with Crippen LogP contribution in [0.4, 0.5) is 0 Å². The summed E-state index contributed by atoms with van der Waals surface area (Å²) in [5.74, 6) is 1.76. The van der Waals surface area contributed by atoms with Gasteiger partial charge in [-0.25, -0.2) is 0 Å². The van der Waals surface area contributed by atoms with Crippen LogP contribution in [0.25, 0.3) is 20.2 Å². The average Bonchev–Trinajstić information content (AvgIpc) is 3.43. The van der Waals surface area contributed by atoms with Crippen molar-refractivity contribution in [3.8, 4) is 0 Å². The Balaban J connectivity index is 2.07. The molecule has 0 N–H and O–H groups in total. The first-order chi connectivity index (χ1) is 16.7.